The lowest BCUT2D eigenvalue weighted by molar-refractivity contribution is 0.257. The third-order valence-corrected chi connectivity index (χ3v) is 3.84. The summed E-state index contributed by atoms with van der Waals surface area (Å²) in [6, 6.07) is 0.799. The standard InChI is InChI=1S/C12H25NS/c1-3-8-13-12(7-9-14-2)10-11-5-4-6-11/h11-13H,3-10H2,1-2H3. The van der Waals surface area contributed by atoms with Gasteiger partial charge in [-0.25, -0.2) is 0 Å². The van der Waals surface area contributed by atoms with E-state index in [0.29, 0.717) is 0 Å². The number of thioether (sulfide) groups is 1. The first kappa shape index (κ1) is 12.4. The summed E-state index contributed by atoms with van der Waals surface area (Å²) in [4.78, 5) is 0. The molecule has 1 unspecified atom stereocenters. The zero-order chi connectivity index (χ0) is 10.2. The largest absolute Gasteiger partial charge is 0.314 e. The Hall–Kier alpha value is 0.310. The van der Waals surface area contributed by atoms with Crippen LogP contribution in [-0.4, -0.2) is 24.6 Å². The lowest BCUT2D eigenvalue weighted by Crippen LogP contribution is -2.33. The fraction of sp³-hybridized carbons (Fsp3) is 1.00. The van der Waals surface area contributed by atoms with E-state index in [1.807, 2.05) is 11.8 Å². The van der Waals surface area contributed by atoms with Crippen molar-refractivity contribution in [3.63, 3.8) is 0 Å². The predicted octanol–water partition coefficient (Wildman–Crippen LogP) is 3.30. The van der Waals surface area contributed by atoms with E-state index in [9.17, 15) is 0 Å². The number of hydrogen-bond donors (Lipinski definition) is 1. The smallest absolute Gasteiger partial charge is 0.00775 e. The third kappa shape index (κ3) is 4.70. The summed E-state index contributed by atoms with van der Waals surface area (Å²) < 4.78 is 0. The summed E-state index contributed by atoms with van der Waals surface area (Å²) in [6.45, 7) is 3.45. The van der Waals surface area contributed by atoms with Crippen LogP contribution in [0, 0.1) is 5.92 Å². The van der Waals surface area contributed by atoms with Crippen LogP contribution in [0.5, 0.6) is 0 Å². The maximum Gasteiger partial charge on any atom is 0.00775 e. The molecule has 1 nitrogen and oxygen atoms in total. The van der Waals surface area contributed by atoms with Crippen LogP contribution >= 0.6 is 11.8 Å². The van der Waals surface area contributed by atoms with Gasteiger partial charge in [0.15, 0.2) is 0 Å². The average Bonchev–Trinajstić information content (AvgIpc) is 2.14. The maximum atomic E-state index is 3.69. The van der Waals surface area contributed by atoms with Crippen molar-refractivity contribution < 1.29 is 0 Å². The molecule has 14 heavy (non-hydrogen) atoms. The van der Waals surface area contributed by atoms with Gasteiger partial charge in [0.25, 0.3) is 0 Å². The minimum atomic E-state index is 0.799. The van der Waals surface area contributed by atoms with Gasteiger partial charge in [0, 0.05) is 6.04 Å². The Bertz CT molecular complexity index is 126. The predicted molar refractivity (Wildman–Crippen MR) is 67.0 cm³/mol. The highest BCUT2D eigenvalue weighted by Gasteiger charge is 2.21. The Labute approximate surface area is 93.4 Å². The molecule has 0 aromatic rings. The Morgan fingerprint density at radius 2 is 2.21 bits per heavy atom. The molecular formula is C12H25NS. The van der Waals surface area contributed by atoms with Gasteiger partial charge in [-0.1, -0.05) is 26.2 Å². The van der Waals surface area contributed by atoms with E-state index in [0.717, 1.165) is 12.0 Å². The first-order valence-electron chi connectivity index (χ1n) is 6.09. The van der Waals surface area contributed by atoms with Gasteiger partial charge in [-0.2, -0.15) is 11.8 Å². The van der Waals surface area contributed by atoms with E-state index in [1.165, 1.54) is 50.8 Å². The van der Waals surface area contributed by atoms with Gasteiger partial charge >= 0.3 is 0 Å². The van der Waals surface area contributed by atoms with Gasteiger partial charge in [0.05, 0.1) is 0 Å². The van der Waals surface area contributed by atoms with Crippen molar-refractivity contribution in [2.75, 3.05) is 18.6 Å². The monoisotopic (exact) mass is 215 g/mol. The van der Waals surface area contributed by atoms with E-state index in [1.54, 1.807) is 0 Å². The van der Waals surface area contributed by atoms with Crippen molar-refractivity contribution in [3.05, 3.63) is 0 Å². The third-order valence-electron chi connectivity index (χ3n) is 3.20. The summed E-state index contributed by atoms with van der Waals surface area (Å²) in [6.07, 6.45) is 10.7. The maximum absolute atomic E-state index is 3.69. The van der Waals surface area contributed by atoms with E-state index >= 15 is 0 Å². The van der Waals surface area contributed by atoms with Crippen LogP contribution in [0.2, 0.25) is 0 Å². The molecule has 1 N–H and O–H groups in total. The molecular weight excluding hydrogens is 190 g/mol. The second kappa shape index (κ2) is 7.58. The molecule has 1 fully saturated rings. The van der Waals surface area contributed by atoms with E-state index < -0.39 is 0 Å². The molecule has 0 amide bonds. The second-order valence-corrected chi connectivity index (χ2v) is 5.45. The molecule has 1 aliphatic rings. The van der Waals surface area contributed by atoms with E-state index in [-0.39, 0.29) is 0 Å². The lowest BCUT2D eigenvalue weighted by Gasteiger charge is -2.30. The van der Waals surface area contributed by atoms with Crippen molar-refractivity contribution in [2.45, 2.75) is 51.5 Å². The van der Waals surface area contributed by atoms with Gasteiger partial charge in [-0.3, -0.25) is 0 Å². The van der Waals surface area contributed by atoms with Crippen LogP contribution in [0.1, 0.15) is 45.4 Å². The zero-order valence-corrected chi connectivity index (χ0v) is 10.5. The molecule has 1 saturated carbocycles. The van der Waals surface area contributed by atoms with Crippen molar-refractivity contribution in [1.29, 1.82) is 0 Å². The van der Waals surface area contributed by atoms with Crippen LogP contribution in [0.3, 0.4) is 0 Å². The van der Waals surface area contributed by atoms with Crippen LogP contribution in [0.4, 0.5) is 0 Å². The normalized spacial score (nSPS) is 19.3. The molecule has 0 spiro atoms. The van der Waals surface area contributed by atoms with Crippen molar-refractivity contribution in [1.82, 2.24) is 5.32 Å². The van der Waals surface area contributed by atoms with Crippen LogP contribution in [0.25, 0.3) is 0 Å². The molecule has 0 aliphatic heterocycles. The van der Waals surface area contributed by atoms with E-state index in [2.05, 4.69) is 18.5 Å². The van der Waals surface area contributed by atoms with Crippen LogP contribution < -0.4 is 5.32 Å². The summed E-state index contributed by atoms with van der Waals surface area (Å²) in [5.41, 5.74) is 0. The van der Waals surface area contributed by atoms with Gasteiger partial charge in [-0.05, 0) is 43.7 Å². The fourth-order valence-electron chi connectivity index (χ4n) is 2.04. The topological polar surface area (TPSA) is 12.0 Å². The lowest BCUT2D eigenvalue weighted by atomic mass is 9.80. The fourth-order valence-corrected chi connectivity index (χ4v) is 2.56. The average molecular weight is 215 g/mol. The van der Waals surface area contributed by atoms with Crippen LogP contribution in [-0.2, 0) is 0 Å². The summed E-state index contributed by atoms with van der Waals surface area (Å²) in [5, 5.41) is 3.69. The molecule has 0 aromatic heterocycles. The highest BCUT2D eigenvalue weighted by atomic mass is 32.2. The van der Waals surface area contributed by atoms with Crippen molar-refractivity contribution in [2.24, 2.45) is 5.92 Å². The SMILES string of the molecule is CCCNC(CCSC)CC1CCC1. The first-order chi connectivity index (χ1) is 6.86. The molecule has 1 atom stereocenters. The van der Waals surface area contributed by atoms with Crippen molar-refractivity contribution >= 4 is 11.8 Å². The number of hydrogen-bond acceptors (Lipinski definition) is 2. The molecule has 1 aliphatic carbocycles. The quantitative estimate of drug-likeness (QED) is 0.667. The minimum absolute atomic E-state index is 0.799. The highest BCUT2D eigenvalue weighted by Crippen LogP contribution is 2.31. The molecule has 0 saturated heterocycles. The molecule has 0 bridgehead atoms. The van der Waals surface area contributed by atoms with E-state index in [4.69, 9.17) is 0 Å². The highest BCUT2D eigenvalue weighted by molar-refractivity contribution is 7.98. The van der Waals surface area contributed by atoms with Gasteiger partial charge in [0.1, 0.15) is 0 Å². The van der Waals surface area contributed by atoms with Gasteiger partial charge in [-0.15, -0.1) is 0 Å². The minimum Gasteiger partial charge on any atom is -0.314 e. The summed E-state index contributed by atoms with van der Waals surface area (Å²) in [5.74, 6) is 2.36. The summed E-state index contributed by atoms with van der Waals surface area (Å²) in [7, 11) is 0. The molecule has 0 radical (unpaired) electrons. The number of nitrogens with one attached hydrogen (secondary N) is 1. The van der Waals surface area contributed by atoms with Gasteiger partial charge < -0.3 is 5.32 Å². The summed E-state index contributed by atoms with van der Waals surface area (Å²) >= 11 is 1.98. The number of rotatable bonds is 8. The molecule has 0 aromatic carbocycles. The Kier molecular flexibility index (Phi) is 6.70. The zero-order valence-electron chi connectivity index (χ0n) is 9.72. The molecule has 1 rings (SSSR count). The molecule has 84 valence electrons. The Balaban J connectivity index is 2.12. The molecule has 2 heteroatoms. The molecule has 0 heterocycles. The second-order valence-electron chi connectivity index (χ2n) is 4.47. The Morgan fingerprint density at radius 3 is 2.71 bits per heavy atom. The Morgan fingerprint density at radius 1 is 1.43 bits per heavy atom. The van der Waals surface area contributed by atoms with Crippen molar-refractivity contribution in [3.8, 4) is 0 Å². The van der Waals surface area contributed by atoms with Gasteiger partial charge in [0.2, 0.25) is 0 Å². The first-order valence-corrected chi connectivity index (χ1v) is 7.48. The van der Waals surface area contributed by atoms with Crippen LogP contribution in [0.15, 0.2) is 0 Å².